The third kappa shape index (κ3) is 5.64. The lowest BCUT2D eigenvalue weighted by Crippen LogP contribution is -2.35. The quantitative estimate of drug-likeness (QED) is 0.263. The Bertz CT molecular complexity index is 1050. The van der Waals surface area contributed by atoms with Crippen LogP contribution in [0.3, 0.4) is 0 Å². The number of nitrogens with one attached hydrogen (secondary N) is 3. The van der Waals surface area contributed by atoms with Crippen LogP contribution in [0.4, 0.5) is 23.9 Å². The van der Waals surface area contributed by atoms with Crippen molar-refractivity contribution in [2.75, 3.05) is 11.9 Å². The van der Waals surface area contributed by atoms with Gasteiger partial charge in [-0.2, -0.15) is 17.5 Å². The highest BCUT2D eigenvalue weighted by Crippen LogP contribution is 2.34. The van der Waals surface area contributed by atoms with Gasteiger partial charge in [-0.05, 0) is 60.9 Å². The first-order chi connectivity index (χ1) is 14.7. The summed E-state index contributed by atoms with van der Waals surface area (Å²) in [5, 5.41) is 33.4. The van der Waals surface area contributed by atoms with Crippen molar-refractivity contribution in [3.63, 3.8) is 0 Å². The Morgan fingerprint density at radius 1 is 1.19 bits per heavy atom. The number of hydrogen-bond acceptors (Lipinski definition) is 7. The van der Waals surface area contributed by atoms with Crippen LogP contribution in [-0.4, -0.2) is 33.1 Å². The minimum atomic E-state index is -4.46. The minimum Gasteiger partial charge on any atom is -0.492 e. The number of aliphatic hydroxyl groups excluding tert-OH is 1. The first-order valence-corrected chi connectivity index (χ1v) is 9.82. The van der Waals surface area contributed by atoms with Crippen molar-refractivity contribution >= 4 is 28.1 Å². The number of aromatic nitrogens is 1. The molecule has 0 aliphatic heterocycles. The van der Waals surface area contributed by atoms with Gasteiger partial charge in [0.2, 0.25) is 5.88 Å². The van der Waals surface area contributed by atoms with Crippen LogP contribution in [0.1, 0.15) is 18.1 Å². The zero-order chi connectivity index (χ0) is 22.6. The molecule has 164 valence electrons. The number of alkyl halides is 3. The number of amidine groups is 1. The molecule has 2 aromatic carbocycles. The van der Waals surface area contributed by atoms with Gasteiger partial charge in [0.1, 0.15) is 27.9 Å². The van der Waals surface area contributed by atoms with Gasteiger partial charge in [-0.1, -0.05) is 6.07 Å². The van der Waals surface area contributed by atoms with Crippen LogP contribution in [0.2, 0.25) is 0 Å². The van der Waals surface area contributed by atoms with Crippen LogP contribution in [0.5, 0.6) is 17.4 Å². The van der Waals surface area contributed by atoms with Gasteiger partial charge in [0, 0.05) is 11.7 Å². The van der Waals surface area contributed by atoms with Gasteiger partial charge >= 0.3 is 6.18 Å². The predicted molar refractivity (Wildman–Crippen MR) is 112 cm³/mol. The second-order valence-electron chi connectivity index (χ2n) is 6.59. The number of aliphatic hydroxyl groups is 1. The fourth-order valence-corrected chi connectivity index (χ4v) is 3.28. The van der Waals surface area contributed by atoms with E-state index in [1.165, 1.54) is 12.1 Å². The van der Waals surface area contributed by atoms with E-state index in [2.05, 4.69) is 15.0 Å². The average molecular weight is 452 g/mol. The molecule has 11 heteroatoms. The van der Waals surface area contributed by atoms with Gasteiger partial charge in [-0.15, -0.1) is 0 Å². The molecule has 7 nitrogen and oxygen atoms in total. The number of halogens is 3. The smallest absolute Gasteiger partial charge is 0.416 e. The van der Waals surface area contributed by atoms with E-state index < -0.39 is 11.7 Å². The van der Waals surface area contributed by atoms with E-state index in [0.29, 0.717) is 16.4 Å². The zero-order valence-electron chi connectivity index (χ0n) is 16.2. The van der Waals surface area contributed by atoms with Crippen molar-refractivity contribution in [3.05, 3.63) is 59.7 Å². The Kier molecular flexibility index (Phi) is 6.66. The maximum absolute atomic E-state index is 12.8. The Hall–Kier alpha value is -3.31. The van der Waals surface area contributed by atoms with Gasteiger partial charge in [-0.3, -0.25) is 5.41 Å². The molecule has 1 unspecified atom stereocenters. The Balaban J connectivity index is 1.72. The van der Waals surface area contributed by atoms with E-state index >= 15 is 0 Å². The number of anilines is 2. The second kappa shape index (κ2) is 9.23. The molecule has 0 aliphatic carbocycles. The first kappa shape index (κ1) is 22.4. The molecule has 5 N–H and O–H groups in total. The monoisotopic (exact) mass is 452 g/mol. The minimum absolute atomic E-state index is 0.0581. The van der Waals surface area contributed by atoms with Crippen LogP contribution in [-0.2, 0) is 6.18 Å². The Morgan fingerprint density at radius 3 is 2.55 bits per heavy atom. The average Bonchev–Trinajstić information content (AvgIpc) is 3.09. The van der Waals surface area contributed by atoms with Crippen molar-refractivity contribution < 1.29 is 28.1 Å². The van der Waals surface area contributed by atoms with Gasteiger partial charge in [0.05, 0.1) is 12.2 Å². The molecule has 3 aromatic rings. The fourth-order valence-electron chi connectivity index (χ4n) is 2.57. The first-order valence-electron chi connectivity index (χ1n) is 9.04. The molecule has 0 fully saturated rings. The van der Waals surface area contributed by atoms with E-state index in [1.54, 1.807) is 31.2 Å². The maximum Gasteiger partial charge on any atom is 0.416 e. The molecule has 31 heavy (non-hydrogen) atoms. The lowest BCUT2D eigenvalue weighted by molar-refractivity contribution is -0.137. The topological polar surface area (TPSA) is 110 Å². The molecule has 3 rings (SSSR count). The second-order valence-corrected chi connectivity index (χ2v) is 7.36. The van der Waals surface area contributed by atoms with Crippen molar-refractivity contribution in [3.8, 4) is 17.4 Å². The van der Waals surface area contributed by atoms with Crippen molar-refractivity contribution in [1.82, 2.24) is 9.69 Å². The molecule has 0 bridgehead atoms. The van der Waals surface area contributed by atoms with Gasteiger partial charge in [-0.25, -0.2) is 0 Å². The van der Waals surface area contributed by atoms with Crippen LogP contribution < -0.4 is 15.4 Å². The summed E-state index contributed by atoms with van der Waals surface area (Å²) in [5.74, 6) is -0.0226. The molecule has 0 saturated carbocycles. The fraction of sp³-hybridized carbons (Fsp3) is 0.200. The molecule has 1 aromatic heterocycles. The lowest BCUT2D eigenvalue weighted by atomic mass is 10.2. The van der Waals surface area contributed by atoms with E-state index in [-0.39, 0.29) is 35.7 Å². The number of rotatable bonds is 7. The molecule has 1 atom stereocenters. The molecule has 0 spiro atoms. The molecule has 0 saturated heterocycles. The standard InChI is InChI=1S/C20H19F3N4O3S/c1-11(10-28)25-17(24)16-18(29)27-31-19(16)26-13-5-7-14(8-6-13)30-15-4-2-3-12(9-15)20(21,22)23/h2-9,11,26,28H,10H2,1H3,(H2,24,25)(H,27,29). The van der Waals surface area contributed by atoms with Crippen LogP contribution in [0.25, 0.3) is 0 Å². The van der Waals surface area contributed by atoms with Crippen molar-refractivity contribution in [2.24, 2.45) is 0 Å². The highest BCUT2D eigenvalue weighted by molar-refractivity contribution is 7.11. The van der Waals surface area contributed by atoms with Gasteiger partial charge in [0.25, 0.3) is 0 Å². The molecule has 0 radical (unpaired) electrons. The molecule has 1 heterocycles. The summed E-state index contributed by atoms with van der Waals surface area (Å²) in [6.45, 7) is 1.50. The summed E-state index contributed by atoms with van der Waals surface area (Å²) < 4.78 is 47.8. The summed E-state index contributed by atoms with van der Waals surface area (Å²) in [7, 11) is 0. The molecule has 0 aliphatic rings. The lowest BCUT2D eigenvalue weighted by Gasteiger charge is -2.14. The number of ether oxygens (including phenoxy) is 1. The van der Waals surface area contributed by atoms with Crippen molar-refractivity contribution in [2.45, 2.75) is 19.1 Å². The van der Waals surface area contributed by atoms with Crippen molar-refractivity contribution in [1.29, 1.82) is 5.41 Å². The third-order valence-corrected chi connectivity index (χ3v) is 4.85. The molecule has 0 amide bonds. The van der Waals surface area contributed by atoms with E-state index in [1.807, 2.05) is 0 Å². The summed E-state index contributed by atoms with van der Waals surface area (Å²) in [4.78, 5) is 0. The highest BCUT2D eigenvalue weighted by Gasteiger charge is 2.30. The van der Waals surface area contributed by atoms with Gasteiger partial charge in [0.15, 0.2) is 0 Å². The maximum atomic E-state index is 12.8. The summed E-state index contributed by atoms with van der Waals surface area (Å²) in [6.07, 6.45) is -4.46. The summed E-state index contributed by atoms with van der Waals surface area (Å²) >= 11 is 0.952. The SMILES string of the molecule is CC(CO)NC(=N)c1c(O)nsc1Nc1ccc(Oc2cccc(C(F)(F)F)c2)cc1. The zero-order valence-corrected chi connectivity index (χ0v) is 17.0. The van der Waals surface area contributed by atoms with Gasteiger partial charge < -0.3 is 25.6 Å². The molecular weight excluding hydrogens is 433 g/mol. The highest BCUT2D eigenvalue weighted by atomic mass is 32.1. The summed E-state index contributed by atoms with van der Waals surface area (Å²) in [6, 6.07) is 10.6. The normalized spacial score (nSPS) is 12.3. The third-order valence-electron chi connectivity index (χ3n) is 4.10. The summed E-state index contributed by atoms with van der Waals surface area (Å²) in [5.41, 5.74) is -0.0497. The van der Waals surface area contributed by atoms with E-state index in [4.69, 9.17) is 15.3 Å². The number of benzene rings is 2. The molecular formula is C20H19F3N4O3S. The predicted octanol–water partition coefficient (Wildman–Crippen LogP) is 4.70. The number of nitrogens with zero attached hydrogens (tertiary/aromatic N) is 1. The van der Waals surface area contributed by atoms with Crippen LogP contribution in [0.15, 0.2) is 48.5 Å². The van der Waals surface area contributed by atoms with Crippen LogP contribution in [0, 0.1) is 5.41 Å². The van der Waals surface area contributed by atoms with E-state index in [9.17, 15) is 18.3 Å². The Morgan fingerprint density at radius 2 is 1.90 bits per heavy atom. The van der Waals surface area contributed by atoms with Crippen LogP contribution >= 0.6 is 11.5 Å². The largest absolute Gasteiger partial charge is 0.492 e. The number of hydrogen-bond donors (Lipinski definition) is 5. The van der Waals surface area contributed by atoms with E-state index in [0.717, 1.165) is 23.7 Å². The Labute approximate surface area is 179 Å². The number of aromatic hydroxyl groups is 1.